The van der Waals surface area contributed by atoms with E-state index in [0.29, 0.717) is 5.69 Å². The van der Waals surface area contributed by atoms with Crippen molar-refractivity contribution in [3.63, 3.8) is 0 Å². The summed E-state index contributed by atoms with van der Waals surface area (Å²) in [7, 11) is 0. The quantitative estimate of drug-likeness (QED) is 0.779. The molecule has 4 N–H and O–H groups in total. The molecule has 2 aliphatic rings. The van der Waals surface area contributed by atoms with E-state index >= 15 is 0 Å². The molecule has 1 aliphatic carbocycles. The maximum absolute atomic E-state index is 14.0. The second-order valence-corrected chi connectivity index (χ2v) is 6.19. The van der Waals surface area contributed by atoms with Crippen molar-refractivity contribution in [2.75, 3.05) is 5.73 Å². The maximum Gasteiger partial charge on any atom is 0.267 e. The summed E-state index contributed by atoms with van der Waals surface area (Å²) in [5.74, 6) is -4.53. The number of amidine groups is 1. The fourth-order valence-corrected chi connectivity index (χ4v) is 4.04. The Morgan fingerprint density at radius 3 is 2.68 bits per heavy atom. The van der Waals surface area contributed by atoms with Gasteiger partial charge in [-0.2, -0.15) is 0 Å². The van der Waals surface area contributed by atoms with Gasteiger partial charge in [0.1, 0.15) is 5.82 Å². The lowest BCUT2D eigenvalue weighted by Gasteiger charge is -2.29. The van der Waals surface area contributed by atoms with E-state index in [-0.39, 0.29) is 10.7 Å². The maximum atomic E-state index is 14.0. The third kappa shape index (κ3) is 1.64. The number of anilines is 1. The molecule has 0 amide bonds. The van der Waals surface area contributed by atoms with E-state index in [1.165, 1.54) is 25.1 Å². The average molecular weight is 287 g/mol. The molecule has 102 valence electrons. The highest BCUT2D eigenvalue weighted by molar-refractivity contribution is 8.14. The van der Waals surface area contributed by atoms with Crippen LogP contribution >= 0.6 is 11.8 Å². The molecule has 0 spiro atoms. The minimum Gasteiger partial charge on any atom is -0.399 e. The molecule has 3 nitrogen and oxygen atoms in total. The van der Waals surface area contributed by atoms with E-state index in [0.717, 1.165) is 11.8 Å². The van der Waals surface area contributed by atoms with E-state index in [4.69, 9.17) is 11.5 Å². The number of hydrogen-bond acceptors (Lipinski definition) is 4. The summed E-state index contributed by atoms with van der Waals surface area (Å²) in [6.45, 7) is 1.48. The van der Waals surface area contributed by atoms with Crippen LogP contribution < -0.4 is 11.5 Å². The zero-order valence-corrected chi connectivity index (χ0v) is 10.8. The first-order valence-corrected chi connectivity index (χ1v) is 6.60. The fraction of sp³-hybridized carbons (Fsp3) is 0.417. The Morgan fingerprint density at radius 1 is 1.32 bits per heavy atom. The van der Waals surface area contributed by atoms with Gasteiger partial charge in [-0.05, 0) is 25.1 Å². The van der Waals surface area contributed by atoms with Crippen LogP contribution in [0.3, 0.4) is 0 Å². The van der Waals surface area contributed by atoms with Crippen molar-refractivity contribution in [2.45, 2.75) is 23.6 Å². The fourth-order valence-electron chi connectivity index (χ4n) is 2.73. The van der Waals surface area contributed by atoms with Crippen LogP contribution in [0.2, 0.25) is 0 Å². The number of rotatable bonds is 1. The number of nitrogens with two attached hydrogens (primary N) is 2. The molecule has 1 aliphatic heterocycles. The largest absolute Gasteiger partial charge is 0.399 e. The van der Waals surface area contributed by atoms with E-state index in [2.05, 4.69) is 4.99 Å². The summed E-state index contributed by atoms with van der Waals surface area (Å²) < 4.78 is 41.5. The number of thioether (sulfide) groups is 1. The van der Waals surface area contributed by atoms with Crippen LogP contribution in [-0.2, 0) is 5.54 Å². The Morgan fingerprint density at radius 2 is 2.00 bits per heavy atom. The van der Waals surface area contributed by atoms with Crippen molar-refractivity contribution in [3.8, 4) is 0 Å². The number of halogens is 3. The third-order valence-electron chi connectivity index (χ3n) is 3.72. The molecule has 0 radical (unpaired) electrons. The predicted octanol–water partition coefficient (Wildman–Crippen LogP) is 2.32. The van der Waals surface area contributed by atoms with Crippen LogP contribution in [0, 0.1) is 11.7 Å². The first kappa shape index (κ1) is 12.7. The topological polar surface area (TPSA) is 64.4 Å². The summed E-state index contributed by atoms with van der Waals surface area (Å²) in [5.41, 5.74) is 10.2. The van der Waals surface area contributed by atoms with Gasteiger partial charge in [-0.25, -0.2) is 13.2 Å². The van der Waals surface area contributed by atoms with Crippen LogP contribution in [0.25, 0.3) is 0 Å². The SMILES string of the molecule is C[C@]1(c2cc(N)ccc2F)N=C(N)S[C@@H]2[C@@H]1C2(F)F. The summed E-state index contributed by atoms with van der Waals surface area (Å²) in [6.07, 6.45) is 0. The van der Waals surface area contributed by atoms with Crippen molar-refractivity contribution < 1.29 is 13.2 Å². The van der Waals surface area contributed by atoms with Gasteiger partial charge in [-0.1, -0.05) is 11.8 Å². The standard InChI is InChI=1S/C12H12F3N3S/c1-11(6-4-5(16)2-3-7(6)13)8-9(12(8,14)15)19-10(17)18-11/h2-4,8-9H,16H2,1H3,(H2,17,18)/t8-,9+,11+/m0/s1. The smallest absolute Gasteiger partial charge is 0.267 e. The monoisotopic (exact) mass is 287 g/mol. The Balaban J connectivity index is 2.16. The number of benzene rings is 1. The zero-order valence-electron chi connectivity index (χ0n) is 10.0. The van der Waals surface area contributed by atoms with Gasteiger partial charge in [0.25, 0.3) is 5.92 Å². The third-order valence-corrected chi connectivity index (χ3v) is 4.89. The van der Waals surface area contributed by atoms with Crippen LogP contribution in [0.4, 0.5) is 18.9 Å². The zero-order chi connectivity index (χ0) is 14.0. The molecule has 0 bridgehead atoms. The number of nitrogens with zero attached hydrogens (tertiary/aromatic N) is 1. The summed E-state index contributed by atoms with van der Waals surface area (Å²) in [6, 6.07) is 3.90. The molecule has 3 atom stereocenters. The van der Waals surface area contributed by atoms with Crippen molar-refractivity contribution in [1.29, 1.82) is 0 Å². The lowest BCUT2D eigenvalue weighted by Crippen LogP contribution is -2.32. The molecule has 1 fully saturated rings. The van der Waals surface area contributed by atoms with Crippen molar-refractivity contribution in [3.05, 3.63) is 29.6 Å². The number of aliphatic imine (C=N–C) groups is 1. The number of alkyl halides is 2. The predicted molar refractivity (Wildman–Crippen MR) is 69.6 cm³/mol. The number of hydrogen-bond donors (Lipinski definition) is 2. The minimum absolute atomic E-state index is 0.0581. The van der Waals surface area contributed by atoms with Crippen molar-refractivity contribution in [2.24, 2.45) is 16.6 Å². The van der Waals surface area contributed by atoms with Gasteiger partial charge in [0.2, 0.25) is 0 Å². The van der Waals surface area contributed by atoms with Gasteiger partial charge in [0.05, 0.1) is 16.7 Å². The van der Waals surface area contributed by atoms with E-state index in [9.17, 15) is 13.2 Å². The molecular formula is C12H12F3N3S. The molecule has 19 heavy (non-hydrogen) atoms. The molecule has 7 heteroatoms. The molecule has 0 aromatic heterocycles. The van der Waals surface area contributed by atoms with Gasteiger partial charge < -0.3 is 11.5 Å². The Labute approximate surface area is 112 Å². The van der Waals surface area contributed by atoms with Crippen molar-refractivity contribution in [1.82, 2.24) is 0 Å². The Kier molecular flexibility index (Phi) is 2.39. The first-order chi connectivity index (χ1) is 8.76. The molecule has 0 saturated heterocycles. The summed E-state index contributed by atoms with van der Waals surface area (Å²) in [4.78, 5) is 4.09. The lowest BCUT2D eigenvalue weighted by molar-refractivity contribution is 0.0820. The molecule has 0 unspecified atom stereocenters. The van der Waals surface area contributed by atoms with Gasteiger partial charge in [-0.3, -0.25) is 4.99 Å². The van der Waals surface area contributed by atoms with Gasteiger partial charge in [-0.15, -0.1) is 0 Å². The molecule has 1 aromatic carbocycles. The van der Waals surface area contributed by atoms with Crippen LogP contribution in [0.15, 0.2) is 23.2 Å². The number of nitrogen functional groups attached to an aromatic ring is 1. The Hall–Kier alpha value is -1.37. The molecule has 1 heterocycles. The van der Waals surface area contributed by atoms with E-state index in [1.807, 2.05) is 0 Å². The highest BCUT2D eigenvalue weighted by Gasteiger charge is 2.77. The molecule has 1 aromatic rings. The number of fused-ring (bicyclic) bond motifs is 1. The second kappa shape index (κ2) is 3.59. The summed E-state index contributed by atoms with van der Waals surface area (Å²) >= 11 is 0.853. The van der Waals surface area contributed by atoms with Crippen LogP contribution in [0.5, 0.6) is 0 Å². The highest BCUT2D eigenvalue weighted by atomic mass is 32.2. The Bertz CT molecular complexity index is 590. The normalized spacial score (nSPS) is 35.5. The second-order valence-electron chi connectivity index (χ2n) is 5.03. The minimum atomic E-state index is -2.89. The molecule has 3 rings (SSSR count). The highest BCUT2D eigenvalue weighted by Crippen LogP contribution is 2.66. The molecule has 1 saturated carbocycles. The van der Waals surface area contributed by atoms with E-state index < -0.39 is 28.4 Å². The van der Waals surface area contributed by atoms with E-state index in [1.54, 1.807) is 0 Å². The van der Waals surface area contributed by atoms with Gasteiger partial charge >= 0.3 is 0 Å². The lowest BCUT2D eigenvalue weighted by atomic mass is 9.86. The van der Waals surface area contributed by atoms with Crippen molar-refractivity contribution >= 4 is 22.6 Å². The van der Waals surface area contributed by atoms with Crippen LogP contribution in [0.1, 0.15) is 12.5 Å². The average Bonchev–Trinajstić information content (AvgIpc) is 2.85. The van der Waals surface area contributed by atoms with Gasteiger partial charge in [0, 0.05) is 11.3 Å². The van der Waals surface area contributed by atoms with Gasteiger partial charge in [0.15, 0.2) is 5.17 Å². The van der Waals surface area contributed by atoms with Crippen LogP contribution in [-0.4, -0.2) is 16.3 Å². The molecular weight excluding hydrogens is 275 g/mol. The first-order valence-electron chi connectivity index (χ1n) is 5.72. The summed E-state index contributed by atoms with van der Waals surface area (Å²) in [5, 5.41) is -0.876.